The summed E-state index contributed by atoms with van der Waals surface area (Å²) < 4.78 is 23.2. The van der Waals surface area contributed by atoms with Crippen LogP contribution in [0.2, 0.25) is 0 Å². The van der Waals surface area contributed by atoms with Crippen molar-refractivity contribution in [2.75, 3.05) is 11.9 Å². The summed E-state index contributed by atoms with van der Waals surface area (Å²) in [6, 6.07) is 3.61. The van der Waals surface area contributed by atoms with E-state index < -0.39 is 14.8 Å². The Hall–Kier alpha value is -0.660. The van der Waals surface area contributed by atoms with E-state index in [4.69, 9.17) is 5.14 Å². The predicted octanol–water partition coefficient (Wildman–Crippen LogP) is 1.47. The maximum absolute atomic E-state index is 11.5. The smallest absolute Gasteiger partial charge is 0.216 e. The SMILES string of the molecule is NS(=O)(=O)C1(CNc2cc(Br)ccn2)CCC1. The third-order valence-corrected chi connectivity index (χ3v) is 5.43. The predicted molar refractivity (Wildman–Crippen MR) is 70.1 cm³/mol. The van der Waals surface area contributed by atoms with Gasteiger partial charge in [-0.1, -0.05) is 22.4 Å². The average molecular weight is 320 g/mol. The number of rotatable bonds is 4. The average Bonchev–Trinajstić information content (AvgIpc) is 2.13. The first-order chi connectivity index (χ1) is 7.93. The van der Waals surface area contributed by atoms with Crippen LogP contribution in [0.1, 0.15) is 19.3 Å². The van der Waals surface area contributed by atoms with Crippen LogP contribution in [-0.2, 0) is 10.0 Å². The minimum Gasteiger partial charge on any atom is -0.368 e. The normalized spacial score (nSPS) is 18.5. The van der Waals surface area contributed by atoms with Crippen molar-refractivity contribution in [3.63, 3.8) is 0 Å². The lowest BCUT2D eigenvalue weighted by atomic mass is 9.84. The first-order valence-electron chi connectivity index (χ1n) is 5.31. The van der Waals surface area contributed by atoms with Gasteiger partial charge in [-0.25, -0.2) is 18.5 Å². The Morgan fingerprint density at radius 1 is 1.53 bits per heavy atom. The van der Waals surface area contributed by atoms with Crippen LogP contribution < -0.4 is 10.5 Å². The van der Waals surface area contributed by atoms with E-state index in [0.29, 0.717) is 25.2 Å². The molecule has 0 spiro atoms. The first-order valence-corrected chi connectivity index (χ1v) is 7.65. The molecule has 0 atom stereocenters. The zero-order valence-electron chi connectivity index (χ0n) is 9.19. The molecule has 0 amide bonds. The van der Waals surface area contributed by atoms with Gasteiger partial charge in [0.1, 0.15) is 10.6 Å². The van der Waals surface area contributed by atoms with Gasteiger partial charge in [0.25, 0.3) is 0 Å². The Labute approximate surface area is 109 Å². The van der Waals surface area contributed by atoms with E-state index in [2.05, 4.69) is 26.2 Å². The van der Waals surface area contributed by atoms with E-state index in [-0.39, 0.29) is 0 Å². The molecule has 0 bridgehead atoms. The maximum Gasteiger partial charge on any atom is 0.216 e. The molecule has 7 heteroatoms. The molecule has 1 fully saturated rings. The van der Waals surface area contributed by atoms with Gasteiger partial charge in [0.2, 0.25) is 10.0 Å². The van der Waals surface area contributed by atoms with Crippen LogP contribution in [0.3, 0.4) is 0 Å². The highest BCUT2D eigenvalue weighted by atomic mass is 79.9. The standard InChI is InChI=1S/C10H14BrN3O2S/c11-8-2-5-13-9(6-8)14-7-10(3-1-4-10)17(12,15)16/h2,5-6H,1,3-4,7H2,(H,13,14)(H2,12,15,16). The first kappa shape index (κ1) is 12.8. The summed E-state index contributed by atoms with van der Waals surface area (Å²) in [6.07, 6.45) is 3.79. The molecule has 5 nitrogen and oxygen atoms in total. The van der Waals surface area contributed by atoms with E-state index in [1.807, 2.05) is 6.07 Å². The highest BCUT2D eigenvalue weighted by Gasteiger charge is 2.46. The molecule has 1 aromatic rings. The molecular weight excluding hydrogens is 306 g/mol. The second kappa shape index (κ2) is 4.55. The molecule has 1 saturated carbocycles. The third kappa shape index (κ3) is 2.61. The van der Waals surface area contributed by atoms with E-state index in [0.717, 1.165) is 10.9 Å². The van der Waals surface area contributed by atoms with Crippen molar-refractivity contribution in [1.82, 2.24) is 4.98 Å². The van der Waals surface area contributed by atoms with Gasteiger partial charge in [-0.3, -0.25) is 0 Å². The van der Waals surface area contributed by atoms with Crippen LogP contribution in [0.5, 0.6) is 0 Å². The number of nitrogens with one attached hydrogen (secondary N) is 1. The largest absolute Gasteiger partial charge is 0.368 e. The van der Waals surface area contributed by atoms with Gasteiger partial charge in [-0.15, -0.1) is 0 Å². The van der Waals surface area contributed by atoms with Gasteiger partial charge in [-0.05, 0) is 25.0 Å². The van der Waals surface area contributed by atoms with E-state index in [1.54, 1.807) is 12.3 Å². The lowest BCUT2D eigenvalue weighted by Crippen LogP contribution is -2.53. The molecule has 0 saturated heterocycles. The Morgan fingerprint density at radius 2 is 2.24 bits per heavy atom. The molecule has 17 heavy (non-hydrogen) atoms. The van der Waals surface area contributed by atoms with Crippen molar-refractivity contribution in [3.8, 4) is 0 Å². The van der Waals surface area contributed by atoms with Gasteiger partial charge in [-0.2, -0.15) is 0 Å². The number of nitrogens with two attached hydrogens (primary N) is 1. The fourth-order valence-electron chi connectivity index (χ4n) is 1.89. The number of anilines is 1. The molecule has 0 radical (unpaired) electrons. The number of pyridine rings is 1. The second-order valence-corrected chi connectivity index (χ2v) is 7.17. The fraction of sp³-hybridized carbons (Fsp3) is 0.500. The van der Waals surface area contributed by atoms with Gasteiger partial charge in [0.05, 0.1) is 0 Å². The molecule has 0 unspecified atom stereocenters. The van der Waals surface area contributed by atoms with E-state index in [9.17, 15) is 8.42 Å². The molecule has 1 aliphatic rings. The van der Waals surface area contributed by atoms with Gasteiger partial charge in [0.15, 0.2) is 0 Å². The molecule has 0 aromatic carbocycles. The Morgan fingerprint density at radius 3 is 2.71 bits per heavy atom. The van der Waals surface area contributed by atoms with Crippen LogP contribution in [0.4, 0.5) is 5.82 Å². The van der Waals surface area contributed by atoms with Crippen molar-refractivity contribution in [3.05, 3.63) is 22.8 Å². The van der Waals surface area contributed by atoms with Crippen molar-refractivity contribution in [1.29, 1.82) is 0 Å². The van der Waals surface area contributed by atoms with Crippen LogP contribution in [0, 0.1) is 0 Å². The lowest BCUT2D eigenvalue weighted by molar-refractivity contribution is 0.351. The summed E-state index contributed by atoms with van der Waals surface area (Å²) in [4.78, 5) is 4.11. The van der Waals surface area contributed by atoms with Crippen molar-refractivity contribution in [2.24, 2.45) is 5.14 Å². The molecule has 2 rings (SSSR count). The minimum atomic E-state index is -3.51. The molecule has 94 valence electrons. The van der Waals surface area contributed by atoms with Crippen LogP contribution in [0.15, 0.2) is 22.8 Å². The molecule has 1 aliphatic carbocycles. The number of primary sulfonamides is 1. The number of sulfonamides is 1. The Kier molecular flexibility index (Phi) is 3.42. The molecule has 1 heterocycles. The van der Waals surface area contributed by atoms with Crippen molar-refractivity contribution >= 4 is 31.8 Å². The summed E-state index contributed by atoms with van der Waals surface area (Å²) in [6.45, 7) is 0.315. The van der Waals surface area contributed by atoms with Crippen LogP contribution >= 0.6 is 15.9 Å². The number of hydrogen-bond donors (Lipinski definition) is 2. The highest BCUT2D eigenvalue weighted by Crippen LogP contribution is 2.38. The maximum atomic E-state index is 11.5. The minimum absolute atomic E-state index is 0.315. The van der Waals surface area contributed by atoms with Crippen molar-refractivity contribution in [2.45, 2.75) is 24.0 Å². The second-order valence-electron chi connectivity index (χ2n) is 4.29. The molecular formula is C10H14BrN3O2S. The van der Waals surface area contributed by atoms with Gasteiger partial charge < -0.3 is 5.32 Å². The number of hydrogen-bond acceptors (Lipinski definition) is 4. The third-order valence-electron chi connectivity index (χ3n) is 3.18. The number of nitrogens with zero attached hydrogens (tertiary/aromatic N) is 1. The summed E-state index contributed by atoms with van der Waals surface area (Å²) in [5.74, 6) is 0.648. The van der Waals surface area contributed by atoms with Crippen LogP contribution in [0.25, 0.3) is 0 Å². The van der Waals surface area contributed by atoms with Gasteiger partial charge >= 0.3 is 0 Å². The zero-order valence-corrected chi connectivity index (χ0v) is 11.6. The monoisotopic (exact) mass is 319 g/mol. The topological polar surface area (TPSA) is 85.1 Å². The quantitative estimate of drug-likeness (QED) is 0.880. The number of halogens is 1. The summed E-state index contributed by atoms with van der Waals surface area (Å²) in [7, 11) is -3.51. The number of aromatic nitrogens is 1. The van der Waals surface area contributed by atoms with Gasteiger partial charge in [0, 0.05) is 17.2 Å². The highest BCUT2D eigenvalue weighted by molar-refractivity contribution is 9.10. The summed E-state index contributed by atoms with van der Waals surface area (Å²) in [5.41, 5.74) is 0. The Bertz CT molecular complexity index is 514. The zero-order chi connectivity index (χ0) is 12.5. The molecule has 0 aliphatic heterocycles. The van der Waals surface area contributed by atoms with E-state index >= 15 is 0 Å². The summed E-state index contributed by atoms with van der Waals surface area (Å²) >= 11 is 3.33. The lowest BCUT2D eigenvalue weighted by Gasteiger charge is -2.39. The van der Waals surface area contributed by atoms with Crippen LogP contribution in [-0.4, -0.2) is 24.7 Å². The fourth-order valence-corrected chi connectivity index (χ4v) is 3.35. The summed E-state index contributed by atoms with van der Waals surface area (Å²) in [5, 5.41) is 8.31. The van der Waals surface area contributed by atoms with E-state index in [1.165, 1.54) is 0 Å². The molecule has 1 aromatic heterocycles. The Balaban J connectivity index is 2.07. The van der Waals surface area contributed by atoms with Crippen molar-refractivity contribution < 1.29 is 8.42 Å². The molecule has 3 N–H and O–H groups in total.